The topological polar surface area (TPSA) is 23.5 Å². The van der Waals surface area contributed by atoms with Gasteiger partial charge in [-0.2, -0.15) is 0 Å². The summed E-state index contributed by atoms with van der Waals surface area (Å²) in [6.45, 7) is 1.96. The molecule has 4 heteroatoms. The Morgan fingerprint density at radius 2 is 2.18 bits per heavy atom. The van der Waals surface area contributed by atoms with Gasteiger partial charge in [-0.1, -0.05) is 12.1 Å². The molecular weight excluding hydrogens is 224 g/mol. The first-order chi connectivity index (χ1) is 8.20. The first-order valence-electron chi connectivity index (χ1n) is 5.92. The Bertz CT molecular complexity index is 366. The fraction of sp³-hybridized carbons (Fsp3) is 0.538. The summed E-state index contributed by atoms with van der Waals surface area (Å²) in [5, 5.41) is 10.0. The molecule has 17 heavy (non-hydrogen) atoms. The summed E-state index contributed by atoms with van der Waals surface area (Å²) in [5.41, 5.74) is 0.625. The number of likely N-dealkylation sites (tertiary alicyclic amines) is 1. The molecule has 1 aromatic rings. The van der Waals surface area contributed by atoms with Crippen LogP contribution in [0.15, 0.2) is 24.3 Å². The van der Waals surface area contributed by atoms with Crippen molar-refractivity contribution in [2.45, 2.75) is 12.5 Å². The minimum atomic E-state index is -0.618. The molecule has 0 amide bonds. The van der Waals surface area contributed by atoms with Crippen LogP contribution in [-0.2, 0) is 0 Å². The minimum absolute atomic E-state index is 0.136. The summed E-state index contributed by atoms with van der Waals surface area (Å²) in [7, 11) is 0. The van der Waals surface area contributed by atoms with Crippen molar-refractivity contribution in [2.75, 3.05) is 26.3 Å². The normalized spacial score (nSPS) is 19.0. The van der Waals surface area contributed by atoms with Crippen molar-refractivity contribution in [3.8, 4) is 0 Å². The Morgan fingerprint density at radius 1 is 1.41 bits per heavy atom. The summed E-state index contributed by atoms with van der Waals surface area (Å²) in [6.07, 6.45) is -0.0738. The molecule has 1 fully saturated rings. The Balaban J connectivity index is 1.84. The largest absolute Gasteiger partial charge is 0.388 e. The van der Waals surface area contributed by atoms with Gasteiger partial charge in [0.2, 0.25) is 0 Å². The zero-order valence-electron chi connectivity index (χ0n) is 9.65. The van der Waals surface area contributed by atoms with Crippen LogP contribution in [0, 0.1) is 11.7 Å². The van der Waals surface area contributed by atoms with E-state index in [1.54, 1.807) is 12.1 Å². The number of hydrogen-bond donors (Lipinski definition) is 1. The fourth-order valence-electron chi connectivity index (χ4n) is 2.24. The maximum absolute atomic E-state index is 13.0. The number of aliphatic hydroxyl groups is 1. The quantitative estimate of drug-likeness (QED) is 0.853. The van der Waals surface area contributed by atoms with Gasteiger partial charge in [0.15, 0.2) is 0 Å². The minimum Gasteiger partial charge on any atom is -0.388 e. The molecule has 1 aliphatic heterocycles. The summed E-state index contributed by atoms with van der Waals surface area (Å²) in [6, 6.07) is 6.07. The fourth-order valence-corrected chi connectivity index (χ4v) is 2.24. The second kappa shape index (κ2) is 5.56. The molecule has 0 spiro atoms. The van der Waals surface area contributed by atoms with E-state index in [1.165, 1.54) is 12.1 Å². The molecule has 0 radical (unpaired) electrons. The summed E-state index contributed by atoms with van der Waals surface area (Å²) < 4.78 is 25.0. The number of aliphatic hydroxyl groups excluding tert-OH is 1. The van der Waals surface area contributed by atoms with E-state index in [1.807, 2.05) is 0 Å². The van der Waals surface area contributed by atoms with Gasteiger partial charge < -0.3 is 10.0 Å². The molecule has 0 saturated carbocycles. The van der Waals surface area contributed by atoms with Crippen molar-refractivity contribution in [2.24, 2.45) is 5.92 Å². The molecule has 0 aromatic heterocycles. The number of hydrogen-bond acceptors (Lipinski definition) is 2. The second-order valence-electron chi connectivity index (χ2n) is 4.56. The van der Waals surface area contributed by atoms with Crippen LogP contribution in [0.3, 0.4) is 0 Å². The Labute approximate surface area is 99.9 Å². The Morgan fingerprint density at radius 3 is 2.82 bits per heavy atom. The molecule has 0 bridgehead atoms. The van der Waals surface area contributed by atoms with E-state index < -0.39 is 6.10 Å². The van der Waals surface area contributed by atoms with Crippen LogP contribution in [0.1, 0.15) is 18.1 Å². The van der Waals surface area contributed by atoms with Gasteiger partial charge in [-0.15, -0.1) is 0 Å². The third-order valence-corrected chi connectivity index (χ3v) is 3.23. The van der Waals surface area contributed by atoms with Crippen LogP contribution in [0.2, 0.25) is 0 Å². The first kappa shape index (κ1) is 12.5. The van der Waals surface area contributed by atoms with Crippen LogP contribution in [0.5, 0.6) is 0 Å². The van der Waals surface area contributed by atoms with Crippen molar-refractivity contribution in [1.29, 1.82) is 0 Å². The van der Waals surface area contributed by atoms with Crippen LogP contribution in [-0.4, -0.2) is 36.3 Å². The summed E-state index contributed by atoms with van der Waals surface area (Å²) in [5.74, 6) is -0.188. The monoisotopic (exact) mass is 241 g/mol. The van der Waals surface area contributed by atoms with Gasteiger partial charge in [0.1, 0.15) is 5.82 Å². The van der Waals surface area contributed by atoms with E-state index in [4.69, 9.17) is 0 Å². The van der Waals surface area contributed by atoms with Crippen LogP contribution >= 0.6 is 0 Å². The molecule has 0 unspecified atom stereocenters. The predicted molar refractivity (Wildman–Crippen MR) is 61.9 cm³/mol. The molecule has 1 atom stereocenters. The lowest BCUT2D eigenvalue weighted by Crippen LogP contribution is -2.49. The van der Waals surface area contributed by atoms with E-state index in [2.05, 4.69) is 4.90 Å². The number of benzene rings is 1. The number of halogens is 2. The van der Waals surface area contributed by atoms with Crippen molar-refractivity contribution in [3.63, 3.8) is 0 Å². The highest BCUT2D eigenvalue weighted by atomic mass is 19.1. The number of alkyl halides is 1. The smallest absolute Gasteiger partial charge is 0.123 e. The van der Waals surface area contributed by atoms with E-state index in [0.717, 1.165) is 19.6 Å². The van der Waals surface area contributed by atoms with Crippen molar-refractivity contribution in [3.05, 3.63) is 35.6 Å². The highest BCUT2D eigenvalue weighted by Crippen LogP contribution is 2.30. The molecule has 1 aromatic carbocycles. The van der Waals surface area contributed by atoms with Gasteiger partial charge in [0, 0.05) is 25.6 Å². The molecule has 0 aliphatic carbocycles. The van der Waals surface area contributed by atoms with Gasteiger partial charge in [-0.05, 0) is 24.1 Å². The lowest BCUT2D eigenvalue weighted by Gasteiger charge is -2.41. The number of rotatable bonds is 5. The highest BCUT2D eigenvalue weighted by Gasteiger charge is 2.32. The molecule has 1 aliphatic rings. The molecule has 1 heterocycles. The van der Waals surface area contributed by atoms with E-state index in [-0.39, 0.29) is 18.4 Å². The molecule has 2 nitrogen and oxygen atoms in total. The van der Waals surface area contributed by atoms with Crippen LogP contribution in [0.4, 0.5) is 8.78 Å². The average molecular weight is 241 g/mol. The molecule has 2 rings (SSSR count). The van der Waals surface area contributed by atoms with Crippen molar-refractivity contribution < 1.29 is 13.9 Å². The third-order valence-electron chi connectivity index (χ3n) is 3.23. The van der Waals surface area contributed by atoms with Crippen molar-refractivity contribution in [1.82, 2.24) is 4.90 Å². The summed E-state index contributed by atoms with van der Waals surface area (Å²) >= 11 is 0. The van der Waals surface area contributed by atoms with Crippen molar-refractivity contribution >= 4 is 0 Å². The molecule has 1 saturated heterocycles. The van der Waals surface area contributed by atoms with Gasteiger partial charge in [-0.3, -0.25) is 4.39 Å². The molecule has 94 valence electrons. The zero-order chi connectivity index (χ0) is 12.3. The Kier molecular flexibility index (Phi) is 4.07. The second-order valence-corrected chi connectivity index (χ2v) is 4.56. The van der Waals surface area contributed by atoms with Gasteiger partial charge >= 0.3 is 0 Å². The Hall–Kier alpha value is -1.00. The maximum atomic E-state index is 13.0. The van der Waals surface area contributed by atoms with E-state index >= 15 is 0 Å². The first-order valence-corrected chi connectivity index (χ1v) is 5.92. The SMILES string of the molecule is O[C@@H](c1cccc(F)c1)C1CN(CCCF)C1. The van der Waals surface area contributed by atoms with Crippen LogP contribution < -0.4 is 0 Å². The predicted octanol–water partition coefficient (Wildman–Crippen LogP) is 2.15. The number of nitrogens with zero attached hydrogens (tertiary/aromatic N) is 1. The highest BCUT2D eigenvalue weighted by molar-refractivity contribution is 5.20. The van der Waals surface area contributed by atoms with Gasteiger partial charge in [0.25, 0.3) is 0 Å². The lowest BCUT2D eigenvalue weighted by atomic mass is 9.89. The average Bonchev–Trinajstić information content (AvgIpc) is 2.27. The third kappa shape index (κ3) is 3.01. The standard InChI is InChI=1S/C13H17F2NO/c14-5-2-6-16-8-11(9-16)13(17)10-3-1-4-12(15)7-10/h1,3-4,7,11,13,17H,2,5-6,8-9H2/t13-/m0/s1. The van der Waals surface area contributed by atoms with Crippen LogP contribution in [0.25, 0.3) is 0 Å². The zero-order valence-corrected chi connectivity index (χ0v) is 9.65. The molecule has 1 N–H and O–H groups in total. The maximum Gasteiger partial charge on any atom is 0.123 e. The van der Waals surface area contributed by atoms with Gasteiger partial charge in [0.05, 0.1) is 12.8 Å². The van der Waals surface area contributed by atoms with E-state index in [0.29, 0.717) is 12.0 Å². The summed E-state index contributed by atoms with van der Waals surface area (Å²) in [4.78, 5) is 2.10. The van der Waals surface area contributed by atoms with E-state index in [9.17, 15) is 13.9 Å². The lowest BCUT2D eigenvalue weighted by molar-refractivity contribution is -0.00621. The molecular formula is C13H17F2NO. The van der Waals surface area contributed by atoms with Gasteiger partial charge in [-0.25, -0.2) is 4.39 Å².